The van der Waals surface area contributed by atoms with Crippen LogP contribution in [-0.4, -0.2) is 0 Å². The van der Waals surface area contributed by atoms with Gasteiger partial charge in [0.15, 0.2) is 0 Å². The maximum Gasteiger partial charge on any atom is 0.0302 e. The molecule has 0 nitrogen and oxygen atoms in total. The first kappa shape index (κ1) is 83.0. The Morgan fingerprint density at radius 2 is 0.663 bits per heavy atom. The predicted molar refractivity (Wildman–Crippen MR) is 409 cm³/mol. The van der Waals surface area contributed by atoms with Crippen molar-refractivity contribution >= 4 is 0 Å². The zero-order valence-corrected chi connectivity index (χ0v) is 68.6. The van der Waals surface area contributed by atoms with Gasteiger partial charge in [-0.25, -0.2) is 0 Å². The second-order valence-corrected chi connectivity index (χ2v) is 32.3. The van der Waals surface area contributed by atoms with E-state index in [0.29, 0.717) is 16.7 Å². The standard InChI is InChI=1S/3C8H18.4C7H16.3C6H14.C5H12.2C4H10/c1-7(2)6-8(3,4)5;1-5-8(6-2)7(3)4;1-4-5-6-7-8(2)3;1-6(2)7(3,4)5;2*1-6(2)5-7(3)4;1-5-7(4)6(2)3;2*1-5(2)6(3)4;1-4-5-6(2)3;1-4-5(2)3;2*1-4(2)3/h7H,6H2,1-5H3;7-8H,5-6H2,1-4H3;8H,4-7H2,1-3H3;6H,1-5H3;3*6-7H,5H2,1-4H3;2*5-6H,1-4H3;6H,4-5H2,1-3H3;5H,4H2,1-3H3;2*4H,1-3H3/i;;;;5D2;;4D3,5D2,7D;5D;;;;1D3;. The molecule has 0 N–H and O–H groups in total. The fourth-order valence-corrected chi connectivity index (χ4v) is 5.73. The molecule has 0 fully saturated rings. The fraction of sp³-hybridized carbons (Fsp3) is 1.00. The summed E-state index contributed by atoms with van der Waals surface area (Å²) < 4.78 is 86.6. The van der Waals surface area contributed by atoms with Crippen LogP contribution in [0.5, 0.6) is 0 Å². The van der Waals surface area contributed by atoms with Crippen LogP contribution in [0.2, 0.25) is 0 Å². The van der Waals surface area contributed by atoms with E-state index in [1.54, 1.807) is 27.7 Å². The van der Waals surface area contributed by atoms with Crippen molar-refractivity contribution in [2.24, 2.45) is 123 Å². The molecule has 1 unspecified atom stereocenters. The van der Waals surface area contributed by atoms with E-state index in [9.17, 15) is 0 Å². The van der Waals surface area contributed by atoms with E-state index in [4.69, 9.17) is 16.4 Å². The zero-order valence-electron chi connectivity index (χ0n) is 80.6. The number of hydrogen-bond donors (Lipinski definition) is 0. The van der Waals surface area contributed by atoms with Crippen molar-refractivity contribution < 1.29 is 16.4 Å². The summed E-state index contributed by atoms with van der Waals surface area (Å²) in [6.45, 7) is 95.5. The monoisotopic (exact) mass is 1200 g/mol. The SMILES string of the molecule is CC(C)C.CC(C)C(C)(C)C.CC(C)C(C)C.CC(C)CC(C)(C)C.CC(C)CC(C)C.CCC(C)C.CCC(CC)C(C)C.CCCC(C)C.CCCCCC(C)C.[2H]C(C)(C)C(C)C.[2H]C([2H])(C(C)C)C(C)C.[2H]C([2H])([2H])C(C)C.[2H]C([2H])([2H])C([2H])(C(C)C)C([2H])([2H])C. The van der Waals surface area contributed by atoms with E-state index in [1.807, 2.05) is 41.5 Å². The highest BCUT2D eigenvalue weighted by atomic mass is 14.2. The molecule has 0 aromatic carbocycles. The molecule has 0 rings (SSSR count). The van der Waals surface area contributed by atoms with Gasteiger partial charge in [-0.15, -0.1) is 0 Å². The van der Waals surface area contributed by atoms with Gasteiger partial charge in [-0.2, -0.15) is 0 Å². The second kappa shape index (κ2) is 80.0. The summed E-state index contributed by atoms with van der Waals surface area (Å²) in [6, 6.07) is 0. The van der Waals surface area contributed by atoms with Crippen LogP contribution in [0.1, 0.15) is 439 Å². The molecule has 0 amide bonds. The molecule has 0 aliphatic carbocycles. The van der Waals surface area contributed by atoms with Crippen molar-refractivity contribution in [3.8, 4) is 0 Å². The highest BCUT2D eigenvalue weighted by molar-refractivity contribution is 4.64. The average molecular weight is 1200 g/mol. The quantitative estimate of drug-likeness (QED) is 0.113. The maximum atomic E-state index is 7.74. The van der Waals surface area contributed by atoms with Crippen molar-refractivity contribution in [1.82, 2.24) is 0 Å². The van der Waals surface area contributed by atoms with Gasteiger partial charge in [0, 0.05) is 16.4 Å². The maximum absolute atomic E-state index is 7.74. The topological polar surface area (TPSA) is 0 Å². The van der Waals surface area contributed by atoms with Gasteiger partial charge in [-0.05, 0) is 142 Å². The van der Waals surface area contributed by atoms with Crippen molar-refractivity contribution in [3.63, 3.8) is 0 Å². The molecule has 0 aromatic heterocycles. The van der Waals surface area contributed by atoms with Gasteiger partial charge in [0.05, 0.1) is 0 Å². The molecule has 0 heterocycles. The fourth-order valence-electron chi connectivity index (χ4n) is 5.73. The number of hydrogen-bond acceptors (Lipinski definition) is 0. The third-order valence-corrected chi connectivity index (χ3v) is 12.8. The summed E-state index contributed by atoms with van der Waals surface area (Å²) in [4.78, 5) is 0. The van der Waals surface area contributed by atoms with E-state index in [1.165, 1.54) is 70.6 Å². The first-order valence-electron chi connectivity index (χ1n) is 41.6. The summed E-state index contributed by atoms with van der Waals surface area (Å²) in [5, 5.41) is 0. The summed E-state index contributed by atoms with van der Waals surface area (Å²) in [5.74, 6) is 8.11. The van der Waals surface area contributed by atoms with Crippen molar-refractivity contribution in [1.29, 1.82) is 0 Å². The third-order valence-electron chi connectivity index (χ3n) is 12.8. The van der Waals surface area contributed by atoms with E-state index >= 15 is 0 Å². The van der Waals surface area contributed by atoms with E-state index in [-0.39, 0.29) is 23.6 Å². The van der Waals surface area contributed by atoms with Crippen molar-refractivity contribution in [2.75, 3.05) is 0 Å². The molecule has 0 aliphatic rings. The Kier molecular flexibility index (Phi) is 80.0. The van der Waals surface area contributed by atoms with Gasteiger partial charge in [-0.1, -0.05) is 403 Å². The van der Waals surface area contributed by atoms with E-state index < -0.39 is 38.3 Å². The summed E-state index contributed by atoms with van der Waals surface area (Å²) in [7, 11) is 0. The molecular formula is C83H192. The Bertz CT molecular complexity index is 1360. The van der Waals surface area contributed by atoms with Gasteiger partial charge < -0.3 is 0 Å². The van der Waals surface area contributed by atoms with Gasteiger partial charge in [-0.3, -0.25) is 0 Å². The number of rotatable bonds is 19. The Labute approximate surface area is 560 Å². The summed E-state index contributed by atoms with van der Waals surface area (Å²) in [6.07, 6.45) is 12.0. The molecular weight excluding hydrogens is 997 g/mol. The van der Waals surface area contributed by atoms with Crippen LogP contribution in [0.25, 0.3) is 0 Å². The van der Waals surface area contributed by atoms with E-state index in [0.717, 1.165) is 77.9 Å². The first-order valence-corrected chi connectivity index (χ1v) is 35.6. The predicted octanol–water partition coefficient (Wildman–Crippen LogP) is 32.6. The minimum Gasteiger partial charge on any atom is -0.0654 e. The van der Waals surface area contributed by atoms with Gasteiger partial charge in [0.25, 0.3) is 0 Å². The van der Waals surface area contributed by atoms with Crippen LogP contribution in [-0.2, 0) is 0 Å². The number of unbranched alkanes of at least 4 members (excludes halogenated alkanes) is 2. The lowest BCUT2D eigenvalue weighted by atomic mass is 9.84. The van der Waals surface area contributed by atoms with Gasteiger partial charge in [0.2, 0.25) is 0 Å². The molecule has 0 bridgehead atoms. The highest BCUT2D eigenvalue weighted by Crippen LogP contribution is 2.24. The van der Waals surface area contributed by atoms with Crippen LogP contribution in [0.15, 0.2) is 0 Å². The largest absolute Gasteiger partial charge is 0.0654 e. The molecule has 83 heavy (non-hydrogen) atoms. The molecule has 0 radical (unpaired) electrons. The molecule has 1 atom stereocenters. The minimum absolute atomic E-state index is 0.123. The molecule has 524 valence electrons. The van der Waals surface area contributed by atoms with Crippen LogP contribution in [0.3, 0.4) is 0 Å². The lowest BCUT2D eigenvalue weighted by Gasteiger charge is -2.22. The average Bonchev–Trinajstić information content (AvgIpc) is 0.771. The summed E-state index contributed by atoms with van der Waals surface area (Å²) in [5.41, 5.74) is 1.02. The molecule has 0 aliphatic heterocycles. The zero-order chi connectivity index (χ0) is 80.6. The lowest BCUT2D eigenvalue weighted by molar-refractivity contribution is 0.283. The third kappa shape index (κ3) is 202. The molecule has 0 saturated carbocycles. The normalized spacial score (nSPS) is 14.6. The molecule has 0 aromatic rings. The first-order chi connectivity index (χ1) is 41.6. The smallest absolute Gasteiger partial charge is 0.0302 e. The Balaban J connectivity index is -0.0000000703. The Hall–Kier alpha value is 0. The molecule has 0 spiro atoms. The minimum atomic E-state index is -2.60. The van der Waals surface area contributed by atoms with Crippen LogP contribution in [0.4, 0.5) is 0 Å². The Morgan fingerprint density at radius 3 is 0.699 bits per heavy atom. The van der Waals surface area contributed by atoms with Gasteiger partial charge >= 0.3 is 0 Å². The molecule has 0 saturated heterocycles. The Morgan fingerprint density at radius 1 is 0.349 bits per heavy atom. The van der Waals surface area contributed by atoms with Crippen molar-refractivity contribution in [3.05, 3.63) is 0 Å². The lowest BCUT2D eigenvalue weighted by Crippen LogP contribution is -2.12. The van der Waals surface area contributed by atoms with Crippen LogP contribution < -0.4 is 0 Å². The molecule has 0 heteroatoms. The second-order valence-electron chi connectivity index (χ2n) is 32.3. The van der Waals surface area contributed by atoms with Gasteiger partial charge in [0.1, 0.15) is 0 Å². The van der Waals surface area contributed by atoms with Crippen LogP contribution in [0, 0.1) is 123 Å². The van der Waals surface area contributed by atoms with Crippen molar-refractivity contribution in [2.45, 2.75) is 422 Å². The highest BCUT2D eigenvalue weighted by Gasteiger charge is 2.14. The summed E-state index contributed by atoms with van der Waals surface area (Å²) >= 11 is 0. The van der Waals surface area contributed by atoms with E-state index in [2.05, 4.69) is 249 Å². The van der Waals surface area contributed by atoms with Crippen LogP contribution >= 0.6 is 0 Å².